The molecule has 0 aliphatic carbocycles. The van der Waals surface area contributed by atoms with Gasteiger partial charge in [0.05, 0.1) is 32.7 Å². The van der Waals surface area contributed by atoms with E-state index in [1.807, 2.05) is 0 Å². The van der Waals surface area contributed by atoms with Crippen LogP contribution in [0.3, 0.4) is 0 Å². The van der Waals surface area contributed by atoms with Crippen molar-refractivity contribution in [1.82, 2.24) is 0 Å². The molecule has 42 heavy (non-hydrogen) atoms. The van der Waals surface area contributed by atoms with Crippen molar-refractivity contribution in [2.24, 2.45) is 10.1 Å². The summed E-state index contributed by atoms with van der Waals surface area (Å²) in [5.74, 6) is 0. The minimum absolute atomic E-state index is 0.187. The van der Waals surface area contributed by atoms with Gasteiger partial charge < -0.3 is 0 Å². The molecule has 4 nitrogen and oxygen atoms in total. The first-order valence-electron chi connectivity index (χ1n) is 11.0. The lowest BCUT2D eigenvalue weighted by Gasteiger charge is -2.14. The zero-order valence-corrected chi connectivity index (χ0v) is 19.8. The van der Waals surface area contributed by atoms with E-state index in [-0.39, 0.29) is 12.1 Å². The maximum atomic E-state index is 14.1. The molecule has 0 unspecified atom stereocenters. The van der Waals surface area contributed by atoms with Crippen LogP contribution in [0.2, 0.25) is 0 Å². The molecule has 0 spiro atoms. The summed E-state index contributed by atoms with van der Waals surface area (Å²) in [5.41, 5.74) is -7.12. The summed E-state index contributed by atoms with van der Waals surface area (Å²) >= 11 is 0. The molecule has 0 saturated carbocycles. The lowest BCUT2D eigenvalue weighted by molar-refractivity contribution is -0.143. The number of rotatable bonds is 0. The molecule has 0 aliphatic heterocycles. The Labute approximate surface area is 223 Å². The molecule has 5 aromatic carbocycles. The number of nitriles is 1. The molecule has 5 rings (SSSR count). The van der Waals surface area contributed by atoms with E-state index in [4.69, 9.17) is 11.8 Å². The Balaban J connectivity index is 2.15. The summed E-state index contributed by atoms with van der Waals surface area (Å²) in [4.78, 5) is 6.03. The van der Waals surface area contributed by atoms with Gasteiger partial charge in [-0.05, 0) is 47.2 Å². The lowest BCUT2D eigenvalue weighted by atomic mass is 10.00. The van der Waals surface area contributed by atoms with Gasteiger partial charge in [0.25, 0.3) is 0 Å². The van der Waals surface area contributed by atoms with Crippen LogP contribution in [0.15, 0.2) is 46.5 Å². The monoisotopic (exact) mass is 602 g/mol. The highest BCUT2D eigenvalue weighted by molar-refractivity contribution is 6.22. The van der Waals surface area contributed by atoms with Crippen molar-refractivity contribution < 1.29 is 52.7 Å². The summed E-state index contributed by atoms with van der Waals surface area (Å²) in [7, 11) is 0. The highest BCUT2D eigenvalue weighted by atomic mass is 19.4. The smallest absolute Gasteiger partial charge is 0.181 e. The highest BCUT2D eigenvalue weighted by Crippen LogP contribution is 2.46. The fourth-order valence-corrected chi connectivity index (χ4v) is 5.04. The Kier molecular flexibility index (Phi) is 6.02. The number of hydrogen-bond acceptors (Lipinski definition) is 3. The molecule has 5 aromatic rings. The predicted molar refractivity (Wildman–Crippen MR) is 122 cm³/mol. The van der Waals surface area contributed by atoms with Crippen molar-refractivity contribution in [1.29, 1.82) is 5.26 Å². The van der Waals surface area contributed by atoms with Crippen LogP contribution in [0.25, 0.3) is 48.0 Å². The standard InChI is InChI=1S/C26H6F12N4/c1-40-42-22-14-7-11-13(6-12(14)20-16(22)3-10(24(30,31)32)5-18(20)26(36,37)38)21(41-8-39)15-2-9(23(27,28)29)4-17(19(11)15)25(33,34)35/h2-7H/b41-21?,42-22+. The number of halogens is 12. The number of fused-ring (bicyclic) bond motifs is 6. The first kappa shape index (κ1) is 28.7. The van der Waals surface area contributed by atoms with Gasteiger partial charge in [-0.15, -0.1) is 4.95 Å². The second kappa shape index (κ2) is 8.82. The van der Waals surface area contributed by atoms with Gasteiger partial charge in [0, 0.05) is 32.3 Å². The van der Waals surface area contributed by atoms with Gasteiger partial charge in [0.1, 0.15) is 0 Å². The van der Waals surface area contributed by atoms with Crippen LogP contribution >= 0.6 is 0 Å². The van der Waals surface area contributed by atoms with E-state index < -0.39 is 101 Å². The van der Waals surface area contributed by atoms with E-state index in [1.54, 1.807) is 0 Å². The average molecular weight is 602 g/mol. The van der Waals surface area contributed by atoms with Crippen LogP contribution in [0.4, 0.5) is 52.7 Å². The Morgan fingerprint density at radius 1 is 0.548 bits per heavy atom. The molecular weight excluding hydrogens is 596 g/mol. The molecule has 0 heterocycles. The normalized spacial score (nSPS) is 14.4. The van der Waals surface area contributed by atoms with Crippen molar-refractivity contribution in [2.45, 2.75) is 24.7 Å². The zero-order valence-electron chi connectivity index (χ0n) is 19.8. The van der Waals surface area contributed by atoms with Crippen molar-refractivity contribution >= 4 is 43.1 Å². The van der Waals surface area contributed by atoms with E-state index in [2.05, 4.69) is 15.0 Å². The van der Waals surface area contributed by atoms with Crippen LogP contribution in [0.5, 0.6) is 0 Å². The third kappa shape index (κ3) is 4.34. The van der Waals surface area contributed by atoms with E-state index in [0.29, 0.717) is 12.1 Å². The number of hydrogen-bond donors (Lipinski definition) is 0. The predicted octanol–water partition coefficient (Wildman–Crippen LogP) is 8.37. The first-order valence-corrected chi connectivity index (χ1v) is 11.0. The zero-order chi connectivity index (χ0) is 31.2. The Morgan fingerprint density at radius 2 is 0.952 bits per heavy atom. The fourth-order valence-electron chi connectivity index (χ4n) is 5.04. The van der Waals surface area contributed by atoms with Crippen molar-refractivity contribution in [3.05, 3.63) is 80.9 Å². The van der Waals surface area contributed by atoms with E-state index >= 15 is 0 Å². The molecule has 0 saturated heterocycles. The van der Waals surface area contributed by atoms with E-state index in [0.717, 1.165) is 12.1 Å². The average Bonchev–Trinajstić information content (AvgIpc) is 3.32. The summed E-state index contributed by atoms with van der Waals surface area (Å²) in [6.07, 6.45) is -20.1. The van der Waals surface area contributed by atoms with Crippen molar-refractivity contribution in [3.63, 3.8) is 0 Å². The van der Waals surface area contributed by atoms with Gasteiger partial charge in [-0.1, -0.05) is 0 Å². The van der Waals surface area contributed by atoms with Gasteiger partial charge in [-0.25, -0.2) is 0 Å². The third-order valence-electron chi connectivity index (χ3n) is 6.57. The number of alkyl halides is 12. The van der Waals surface area contributed by atoms with Crippen LogP contribution in [-0.4, -0.2) is 0 Å². The maximum absolute atomic E-state index is 14.1. The lowest BCUT2D eigenvalue weighted by Crippen LogP contribution is -2.12. The van der Waals surface area contributed by atoms with E-state index in [9.17, 15) is 52.7 Å². The van der Waals surface area contributed by atoms with Crippen LogP contribution in [0, 0.1) is 18.0 Å². The molecule has 0 aliphatic rings. The number of nitrogens with zero attached hydrogens (tertiary/aromatic N) is 4. The Morgan fingerprint density at radius 3 is 1.31 bits per heavy atom. The molecule has 0 atom stereocenters. The van der Waals surface area contributed by atoms with Crippen LogP contribution in [-0.2, 0) is 24.7 Å². The van der Waals surface area contributed by atoms with Crippen molar-refractivity contribution in [2.75, 3.05) is 0 Å². The summed E-state index contributed by atoms with van der Waals surface area (Å²) < 4.78 is 166. The summed E-state index contributed by atoms with van der Waals surface area (Å²) in [5, 5.41) is 5.60. The molecule has 0 N–H and O–H groups in total. The molecule has 16 heteroatoms. The molecule has 0 bridgehead atoms. The molecule has 0 fully saturated rings. The highest BCUT2D eigenvalue weighted by Gasteiger charge is 2.41. The molecule has 0 aromatic heterocycles. The molecule has 214 valence electrons. The van der Waals surface area contributed by atoms with E-state index in [1.165, 1.54) is 6.19 Å². The SMILES string of the molecule is [C-]#[N+]/N=c1\c2cc3c(cc2c2c(C(F)(F)F)cc(C(F)(F)F)cc12)c(=NC#N)c1cc(C(F)(F)F)cc(C(F)(F)F)c13. The van der Waals surface area contributed by atoms with Gasteiger partial charge in [-0.3, -0.25) is 0 Å². The quantitative estimate of drug-likeness (QED) is 0.0761. The summed E-state index contributed by atoms with van der Waals surface area (Å²) in [6, 6.07) is 1.78. The first-order chi connectivity index (χ1) is 19.3. The Hall–Kier alpha value is -4.86. The van der Waals surface area contributed by atoms with Crippen LogP contribution < -0.4 is 10.7 Å². The molecular formula is C26H6F12N4. The maximum Gasteiger partial charge on any atom is 0.417 e. The second-order valence-electron chi connectivity index (χ2n) is 8.94. The third-order valence-corrected chi connectivity index (χ3v) is 6.57. The van der Waals surface area contributed by atoms with Gasteiger partial charge in [0.2, 0.25) is 6.19 Å². The largest absolute Gasteiger partial charge is 0.417 e. The van der Waals surface area contributed by atoms with Gasteiger partial charge in [0.15, 0.2) is 5.36 Å². The number of benzene rings is 3. The fraction of sp³-hybridized carbons (Fsp3) is 0.154. The topological polar surface area (TPSA) is 52.9 Å². The molecule has 0 amide bonds. The van der Waals surface area contributed by atoms with Gasteiger partial charge >= 0.3 is 24.7 Å². The molecule has 0 radical (unpaired) electrons. The second-order valence-corrected chi connectivity index (χ2v) is 8.94. The minimum atomic E-state index is -5.41. The van der Waals surface area contributed by atoms with Gasteiger partial charge in [-0.2, -0.15) is 69.5 Å². The minimum Gasteiger partial charge on any atom is -0.181 e. The Bertz CT molecular complexity index is 2000. The van der Waals surface area contributed by atoms with Crippen LogP contribution in [0.1, 0.15) is 22.3 Å². The summed E-state index contributed by atoms with van der Waals surface area (Å²) in [6.45, 7) is 7.04. The van der Waals surface area contributed by atoms with Crippen molar-refractivity contribution in [3.8, 4) is 6.19 Å².